The molecule has 3 nitrogen and oxygen atoms in total. The molecule has 0 fully saturated rings. The predicted molar refractivity (Wildman–Crippen MR) is 83.9 cm³/mol. The highest BCUT2D eigenvalue weighted by Gasteiger charge is 2.53. The summed E-state index contributed by atoms with van der Waals surface area (Å²) in [6, 6.07) is 7.39. The third-order valence-corrected chi connectivity index (χ3v) is 4.04. The lowest BCUT2D eigenvalue weighted by Crippen LogP contribution is -2.55. The van der Waals surface area contributed by atoms with Crippen LogP contribution in [0.1, 0.15) is 47.1 Å². The van der Waals surface area contributed by atoms with Crippen LogP contribution in [0.15, 0.2) is 24.3 Å². The van der Waals surface area contributed by atoms with E-state index >= 15 is 0 Å². The lowest BCUT2D eigenvalue weighted by molar-refractivity contribution is -0.170. The van der Waals surface area contributed by atoms with Gasteiger partial charge in [-0.15, -0.1) is 0 Å². The molecule has 20 heavy (non-hydrogen) atoms. The maximum atomic E-state index is 9.69. The summed E-state index contributed by atoms with van der Waals surface area (Å²) in [5.74, 6) is 0. The van der Waals surface area contributed by atoms with E-state index in [1.807, 2.05) is 18.2 Å². The predicted octanol–water partition coefficient (Wildman–Crippen LogP) is 2.30. The van der Waals surface area contributed by atoms with Gasteiger partial charge in [0, 0.05) is 7.11 Å². The van der Waals surface area contributed by atoms with Crippen LogP contribution in [-0.4, -0.2) is 24.3 Å². The van der Waals surface area contributed by atoms with Crippen molar-refractivity contribution in [3.8, 4) is 0 Å². The normalized spacial score (nSPS) is 13.4. The fourth-order valence-electron chi connectivity index (χ4n) is 3.70. The number of ether oxygens (including phenoxy) is 1. The van der Waals surface area contributed by atoms with Gasteiger partial charge in [0.15, 0.2) is 0 Å². The molecule has 0 heterocycles. The van der Waals surface area contributed by atoms with E-state index < -0.39 is 12.7 Å². The molecule has 0 atom stereocenters. The van der Waals surface area contributed by atoms with Crippen LogP contribution in [0.5, 0.6) is 0 Å². The summed E-state index contributed by atoms with van der Waals surface area (Å²) in [6.45, 7) is 12.7. The molecule has 0 saturated carbocycles. The summed E-state index contributed by atoms with van der Waals surface area (Å²) in [5, 5.41) is 19.4. The number of benzene rings is 1. The Morgan fingerprint density at radius 2 is 1.35 bits per heavy atom. The molecule has 1 rings (SSSR count). The zero-order valence-electron chi connectivity index (χ0n) is 13.7. The second-order valence-electron chi connectivity index (χ2n) is 7.35. The lowest BCUT2D eigenvalue weighted by Gasteiger charge is -2.53. The van der Waals surface area contributed by atoms with Crippen LogP contribution in [0.2, 0.25) is 0 Å². The van der Waals surface area contributed by atoms with Crippen LogP contribution in [0, 0.1) is 10.8 Å². The van der Waals surface area contributed by atoms with Crippen LogP contribution in [0.4, 0.5) is 0 Å². The first kappa shape index (κ1) is 17.2. The van der Waals surface area contributed by atoms with E-state index in [4.69, 9.17) is 4.74 Å². The maximum absolute atomic E-state index is 9.69. The van der Waals surface area contributed by atoms with Gasteiger partial charge in [-0.1, -0.05) is 65.8 Å². The molecule has 4 heteroatoms. The van der Waals surface area contributed by atoms with E-state index in [2.05, 4.69) is 41.5 Å². The van der Waals surface area contributed by atoms with Gasteiger partial charge in [0.25, 0.3) is 0 Å². The van der Waals surface area contributed by atoms with Crippen LogP contribution >= 0.6 is 0 Å². The fraction of sp³-hybridized carbons (Fsp3) is 0.625. The Labute approximate surface area is 123 Å². The van der Waals surface area contributed by atoms with E-state index in [1.54, 1.807) is 13.2 Å². The molecule has 0 aliphatic rings. The third kappa shape index (κ3) is 2.65. The van der Waals surface area contributed by atoms with Crippen LogP contribution in [0.25, 0.3) is 0 Å². The van der Waals surface area contributed by atoms with Crippen molar-refractivity contribution in [2.24, 2.45) is 10.8 Å². The van der Waals surface area contributed by atoms with Crippen molar-refractivity contribution in [1.29, 1.82) is 0 Å². The zero-order valence-corrected chi connectivity index (χ0v) is 13.7. The van der Waals surface area contributed by atoms with Crippen molar-refractivity contribution in [2.75, 3.05) is 7.11 Å². The highest BCUT2D eigenvalue weighted by molar-refractivity contribution is 6.59. The minimum absolute atomic E-state index is 0.217. The standard InChI is InChI=1S/C16H27BO3/c1-14(2,3)16(20-7,15(4,5)6)12-10-8-9-11-13(12)17(18)19/h8-11,18-19H,1-7H3. The quantitative estimate of drug-likeness (QED) is 0.834. The molecule has 0 bridgehead atoms. The SMILES string of the molecule is COC(c1ccccc1B(O)O)(C(C)(C)C)C(C)(C)C. The van der Waals surface area contributed by atoms with Crippen molar-refractivity contribution in [2.45, 2.75) is 47.1 Å². The smallest absolute Gasteiger partial charge is 0.423 e. The maximum Gasteiger partial charge on any atom is 0.488 e. The molecule has 1 aromatic carbocycles. The number of methoxy groups -OCH3 is 1. The fourth-order valence-corrected chi connectivity index (χ4v) is 3.70. The van der Waals surface area contributed by atoms with Crippen molar-refractivity contribution < 1.29 is 14.8 Å². The average molecular weight is 278 g/mol. The van der Waals surface area contributed by atoms with Crippen LogP contribution in [0.3, 0.4) is 0 Å². The van der Waals surface area contributed by atoms with Gasteiger partial charge in [0.1, 0.15) is 5.60 Å². The Bertz CT molecular complexity index is 442. The van der Waals surface area contributed by atoms with E-state index in [0.717, 1.165) is 5.56 Å². The minimum Gasteiger partial charge on any atom is -0.423 e. The molecule has 2 N–H and O–H groups in total. The summed E-state index contributed by atoms with van der Waals surface area (Å²) < 4.78 is 6.02. The van der Waals surface area contributed by atoms with Crippen molar-refractivity contribution >= 4 is 12.6 Å². The number of hydrogen-bond acceptors (Lipinski definition) is 3. The Morgan fingerprint density at radius 3 is 1.70 bits per heavy atom. The first-order valence-corrected chi connectivity index (χ1v) is 6.99. The average Bonchev–Trinajstić information content (AvgIpc) is 2.27. The number of hydrogen-bond donors (Lipinski definition) is 2. The minimum atomic E-state index is -1.51. The van der Waals surface area contributed by atoms with Gasteiger partial charge in [-0.2, -0.15) is 0 Å². The molecule has 0 aliphatic heterocycles. The van der Waals surface area contributed by atoms with E-state index in [9.17, 15) is 10.0 Å². The Kier molecular flexibility index (Phi) is 4.74. The summed E-state index contributed by atoms with van der Waals surface area (Å²) in [5.41, 5.74) is 0.257. The molecule has 1 aromatic rings. The Balaban J connectivity index is 3.72. The highest BCUT2D eigenvalue weighted by Crippen LogP contribution is 2.53. The van der Waals surface area contributed by atoms with Gasteiger partial charge in [-0.3, -0.25) is 0 Å². The topological polar surface area (TPSA) is 49.7 Å². The summed E-state index contributed by atoms with van der Waals surface area (Å²) in [7, 11) is 0.183. The molecule has 0 spiro atoms. The molecule has 0 saturated heterocycles. The molecule has 112 valence electrons. The molecule has 0 radical (unpaired) electrons. The van der Waals surface area contributed by atoms with Gasteiger partial charge >= 0.3 is 7.12 Å². The van der Waals surface area contributed by atoms with Crippen LogP contribution in [-0.2, 0) is 10.3 Å². The van der Waals surface area contributed by atoms with Crippen LogP contribution < -0.4 is 5.46 Å². The van der Waals surface area contributed by atoms with Gasteiger partial charge in [0.05, 0.1) is 0 Å². The number of rotatable bonds is 3. The van der Waals surface area contributed by atoms with Crippen molar-refractivity contribution in [1.82, 2.24) is 0 Å². The van der Waals surface area contributed by atoms with Crippen molar-refractivity contribution in [3.05, 3.63) is 29.8 Å². The first-order chi connectivity index (χ1) is 8.99. The van der Waals surface area contributed by atoms with Gasteiger partial charge in [0.2, 0.25) is 0 Å². The van der Waals surface area contributed by atoms with E-state index in [0.29, 0.717) is 5.46 Å². The summed E-state index contributed by atoms with van der Waals surface area (Å²) >= 11 is 0. The summed E-state index contributed by atoms with van der Waals surface area (Å²) in [6.07, 6.45) is 0. The third-order valence-electron chi connectivity index (χ3n) is 4.04. The molecular weight excluding hydrogens is 251 g/mol. The second kappa shape index (κ2) is 5.51. The molecule has 0 aromatic heterocycles. The van der Waals surface area contributed by atoms with Crippen molar-refractivity contribution in [3.63, 3.8) is 0 Å². The second-order valence-corrected chi connectivity index (χ2v) is 7.35. The zero-order chi connectivity index (χ0) is 15.8. The molecule has 0 aliphatic carbocycles. The highest BCUT2D eigenvalue weighted by atomic mass is 16.5. The first-order valence-electron chi connectivity index (χ1n) is 6.99. The Hall–Kier alpha value is -0.835. The van der Waals surface area contributed by atoms with Gasteiger partial charge in [-0.25, -0.2) is 0 Å². The van der Waals surface area contributed by atoms with Gasteiger partial charge < -0.3 is 14.8 Å². The summed E-state index contributed by atoms with van der Waals surface area (Å²) in [4.78, 5) is 0. The molecule has 0 amide bonds. The van der Waals surface area contributed by atoms with E-state index in [1.165, 1.54) is 0 Å². The largest absolute Gasteiger partial charge is 0.488 e. The monoisotopic (exact) mass is 278 g/mol. The molecule has 0 unspecified atom stereocenters. The van der Waals surface area contributed by atoms with E-state index in [-0.39, 0.29) is 10.8 Å². The van der Waals surface area contributed by atoms with Gasteiger partial charge in [-0.05, 0) is 21.9 Å². The Morgan fingerprint density at radius 1 is 0.900 bits per heavy atom. The molecular formula is C16H27BO3. The lowest BCUT2D eigenvalue weighted by atomic mass is 9.56.